The van der Waals surface area contributed by atoms with Gasteiger partial charge in [-0.3, -0.25) is 4.90 Å². The third-order valence-electron chi connectivity index (χ3n) is 4.45. The van der Waals surface area contributed by atoms with Crippen LogP contribution in [-0.4, -0.2) is 40.1 Å². The summed E-state index contributed by atoms with van der Waals surface area (Å²) in [7, 11) is 2.07. The average Bonchev–Trinajstić information content (AvgIpc) is 2.93. The fourth-order valence-electron chi connectivity index (χ4n) is 3.02. The van der Waals surface area contributed by atoms with E-state index < -0.39 is 0 Å². The van der Waals surface area contributed by atoms with Crippen LogP contribution in [0.5, 0.6) is 0 Å². The molecule has 2 heterocycles. The van der Waals surface area contributed by atoms with Gasteiger partial charge in [0, 0.05) is 57.6 Å². The molecule has 1 fully saturated rings. The van der Waals surface area contributed by atoms with Crippen LogP contribution < -0.4 is 5.32 Å². The van der Waals surface area contributed by atoms with Crippen LogP contribution in [0.4, 0.5) is 0 Å². The molecule has 4 nitrogen and oxygen atoms in total. The predicted octanol–water partition coefficient (Wildman–Crippen LogP) is 2.00. The SMILES string of the molecule is CC1CNC(c2ccccc2)CN1CCc1nccn1C. The Bertz CT molecular complexity index is 563. The second kappa shape index (κ2) is 6.41. The zero-order valence-corrected chi connectivity index (χ0v) is 12.9. The summed E-state index contributed by atoms with van der Waals surface area (Å²) >= 11 is 0. The largest absolute Gasteiger partial charge is 0.338 e. The van der Waals surface area contributed by atoms with E-state index in [2.05, 4.69) is 64.1 Å². The van der Waals surface area contributed by atoms with Gasteiger partial charge in [0.05, 0.1) is 0 Å². The topological polar surface area (TPSA) is 33.1 Å². The zero-order chi connectivity index (χ0) is 14.7. The summed E-state index contributed by atoms with van der Waals surface area (Å²) in [5, 5.41) is 3.66. The minimum absolute atomic E-state index is 0.434. The molecule has 21 heavy (non-hydrogen) atoms. The van der Waals surface area contributed by atoms with E-state index in [0.29, 0.717) is 12.1 Å². The summed E-state index contributed by atoms with van der Waals surface area (Å²) in [6.45, 7) is 5.47. The molecule has 2 atom stereocenters. The quantitative estimate of drug-likeness (QED) is 0.932. The van der Waals surface area contributed by atoms with Crippen molar-refractivity contribution in [2.45, 2.75) is 25.4 Å². The molecule has 1 aliphatic rings. The van der Waals surface area contributed by atoms with Crippen LogP contribution >= 0.6 is 0 Å². The molecule has 2 aromatic rings. The lowest BCUT2D eigenvalue weighted by molar-refractivity contribution is 0.142. The van der Waals surface area contributed by atoms with Crippen molar-refractivity contribution in [1.29, 1.82) is 0 Å². The maximum absolute atomic E-state index is 4.42. The first-order valence-corrected chi connectivity index (χ1v) is 7.72. The van der Waals surface area contributed by atoms with Crippen molar-refractivity contribution in [3.8, 4) is 0 Å². The summed E-state index contributed by atoms with van der Waals surface area (Å²) in [5.41, 5.74) is 1.38. The summed E-state index contributed by atoms with van der Waals surface area (Å²) in [4.78, 5) is 7.00. The van der Waals surface area contributed by atoms with Crippen molar-refractivity contribution in [2.75, 3.05) is 19.6 Å². The molecule has 2 unspecified atom stereocenters. The fraction of sp³-hybridized carbons (Fsp3) is 0.471. The van der Waals surface area contributed by atoms with Crippen LogP contribution in [0.1, 0.15) is 24.4 Å². The van der Waals surface area contributed by atoms with Gasteiger partial charge in [0.1, 0.15) is 5.82 Å². The Morgan fingerprint density at radius 1 is 1.29 bits per heavy atom. The summed E-state index contributed by atoms with van der Waals surface area (Å²) in [6.07, 6.45) is 4.90. The molecule has 1 aromatic carbocycles. The van der Waals surface area contributed by atoms with Gasteiger partial charge in [0.25, 0.3) is 0 Å². The van der Waals surface area contributed by atoms with Gasteiger partial charge in [-0.2, -0.15) is 0 Å². The van der Waals surface area contributed by atoms with Crippen LogP contribution in [0.3, 0.4) is 0 Å². The third kappa shape index (κ3) is 3.34. The number of nitrogens with zero attached hydrogens (tertiary/aromatic N) is 3. The standard InChI is InChI=1S/C17H24N4/c1-14-12-19-16(15-6-4-3-5-7-15)13-21(14)10-8-17-18-9-11-20(17)2/h3-7,9,11,14,16,19H,8,10,12-13H2,1-2H3. The lowest BCUT2D eigenvalue weighted by Crippen LogP contribution is -2.51. The lowest BCUT2D eigenvalue weighted by Gasteiger charge is -2.39. The van der Waals surface area contributed by atoms with Crippen LogP contribution in [0.15, 0.2) is 42.7 Å². The molecule has 1 aromatic heterocycles. The Kier molecular flexibility index (Phi) is 4.36. The molecule has 4 heteroatoms. The van der Waals surface area contributed by atoms with Crippen molar-refractivity contribution < 1.29 is 0 Å². The van der Waals surface area contributed by atoms with E-state index in [1.54, 1.807) is 0 Å². The fourth-order valence-corrected chi connectivity index (χ4v) is 3.02. The van der Waals surface area contributed by atoms with Gasteiger partial charge >= 0.3 is 0 Å². The van der Waals surface area contributed by atoms with E-state index in [4.69, 9.17) is 0 Å². The van der Waals surface area contributed by atoms with Crippen molar-refractivity contribution in [3.63, 3.8) is 0 Å². The predicted molar refractivity (Wildman–Crippen MR) is 85.1 cm³/mol. The van der Waals surface area contributed by atoms with Gasteiger partial charge in [-0.1, -0.05) is 30.3 Å². The van der Waals surface area contributed by atoms with E-state index in [-0.39, 0.29) is 0 Å². The smallest absolute Gasteiger partial charge is 0.109 e. The molecular formula is C17H24N4. The monoisotopic (exact) mass is 284 g/mol. The van der Waals surface area contributed by atoms with E-state index in [1.165, 1.54) is 5.56 Å². The summed E-state index contributed by atoms with van der Waals surface area (Å²) in [6, 6.07) is 11.7. The van der Waals surface area contributed by atoms with E-state index in [1.807, 2.05) is 12.4 Å². The van der Waals surface area contributed by atoms with Crippen LogP contribution in [0, 0.1) is 0 Å². The molecule has 1 saturated heterocycles. The molecule has 0 radical (unpaired) electrons. The molecule has 3 rings (SSSR count). The minimum atomic E-state index is 0.434. The van der Waals surface area contributed by atoms with Gasteiger partial charge in [-0.25, -0.2) is 4.98 Å². The number of hydrogen-bond acceptors (Lipinski definition) is 3. The maximum Gasteiger partial charge on any atom is 0.109 e. The first-order chi connectivity index (χ1) is 10.2. The van der Waals surface area contributed by atoms with Crippen molar-refractivity contribution in [3.05, 3.63) is 54.1 Å². The first-order valence-electron chi connectivity index (χ1n) is 7.72. The molecule has 1 N–H and O–H groups in total. The summed E-state index contributed by atoms with van der Waals surface area (Å²) < 4.78 is 2.11. The second-order valence-corrected chi connectivity index (χ2v) is 5.92. The Balaban J connectivity index is 1.62. The highest BCUT2D eigenvalue weighted by Gasteiger charge is 2.25. The van der Waals surface area contributed by atoms with Gasteiger partial charge < -0.3 is 9.88 Å². The molecule has 0 spiro atoms. The maximum atomic E-state index is 4.42. The highest BCUT2D eigenvalue weighted by Crippen LogP contribution is 2.19. The number of hydrogen-bond donors (Lipinski definition) is 1. The molecule has 0 amide bonds. The third-order valence-corrected chi connectivity index (χ3v) is 4.45. The second-order valence-electron chi connectivity index (χ2n) is 5.92. The molecule has 1 aliphatic heterocycles. The van der Waals surface area contributed by atoms with Gasteiger partial charge in [-0.15, -0.1) is 0 Å². The van der Waals surface area contributed by atoms with Crippen LogP contribution in [-0.2, 0) is 13.5 Å². The first kappa shape index (κ1) is 14.3. The van der Waals surface area contributed by atoms with Gasteiger partial charge in [-0.05, 0) is 12.5 Å². The van der Waals surface area contributed by atoms with Crippen molar-refractivity contribution in [2.24, 2.45) is 7.05 Å². The highest BCUT2D eigenvalue weighted by atomic mass is 15.2. The minimum Gasteiger partial charge on any atom is -0.338 e. The zero-order valence-electron chi connectivity index (χ0n) is 12.9. The average molecular weight is 284 g/mol. The number of aromatic nitrogens is 2. The van der Waals surface area contributed by atoms with E-state index in [9.17, 15) is 0 Å². The van der Waals surface area contributed by atoms with E-state index >= 15 is 0 Å². The Morgan fingerprint density at radius 3 is 2.81 bits per heavy atom. The van der Waals surface area contributed by atoms with Crippen LogP contribution in [0.2, 0.25) is 0 Å². The highest BCUT2D eigenvalue weighted by molar-refractivity contribution is 5.20. The Labute approximate surface area is 126 Å². The molecular weight excluding hydrogens is 260 g/mol. The molecule has 0 aliphatic carbocycles. The summed E-state index contributed by atoms with van der Waals surface area (Å²) in [5.74, 6) is 1.16. The lowest BCUT2D eigenvalue weighted by atomic mass is 10.0. The molecule has 0 saturated carbocycles. The number of nitrogens with one attached hydrogen (secondary N) is 1. The van der Waals surface area contributed by atoms with Gasteiger partial charge in [0.2, 0.25) is 0 Å². The number of benzene rings is 1. The Morgan fingerprint density at radius 2 is 2.10 bits per heavy atom. The van der Waals surface area contributed by atoms with Crippen molar-refractivity contribution in [1.82, 2.24) is 19.8 Å². The number of imidazole rings is 1. The number of rotatable bonds is 4. The number of piperazine rings is 1. The van der Waals surface area contributed by atoms with Gasteiger partial charge in [0.15, 0.2) is 0 Å². The van der Waals surface area contributed by atoms with Crippen molar-refractivity contribution >= 4 is 0 Å². The Hall–Kier alpha value is -1.65. The normalized spacial score (nSPS) is 23.3. The molecule has 112 valence electrons. The number of aryl methyl sites for hydroxylation is 1. The molecule has 0 bridgehead atoms. The van der Waals surface area contributed by atoms with Crippen LogP contribution in [0.25, 0.3) is 0 Å². The van der Waals surface area contributed by atoms with E-state index in [0.717, 1.165) is 31.9 Å².